The number of rotatable bonds is 4. The molecule has 1 spiro atoms. The van der Waals surface area contributed by atoms with Gasteiger partial charge >= 0.3 is 0 Å². The Morgan fingerprint density at radius 3 is 3.00 bits per heavy atom. The van der Waals surface area contributed by atoms with Gasteiger partial charge in [0, 0.05) is 24.5 Å². The summed E-state index contributed by atoms with van der Waals surface area (Å²) in [6.07, 6.45) is 10.0. The second-order valence-corrected chi connectivity index (χ2v) is 6.16. The first-order valence-corrected chi connectivity index (χ1v) is 7.57. The van der Waals surface area contributed by atoms with Crippen LogP contribution in [-0.2, 0) is 11.2 Å². The Morgan fingerprint density at radius 1 is 1.42 bits per heavy atom. The van der Waals surface area contributed by atoms with Gasteiger partial charge in [0.05, 0.1) is 5.60 Å². The van der Waals surface area contributed by atoms with Crippen molar-refractivity contribution in [3.63, 3.8) is 0 Å². The molecule has 1 aliphatic heterocycles. The molecule has 19 heavy (non-hydrogen) atoms. The zero-order chi connectivity index (χ0) is 13.1. The van der Waals surface area contributed by atoms with E-state index >= 15 is 0 Å². The highest BCUT2D eigenvalue weighted by Crippen LogP contribution is 2.45. The second-order valence-electron chi connectivity index (χ2n) is 6.16. The van der Waals surface area contributed by atoms with E-state index in [0.29, 0.717) is 12.0 Å². The Balaban J connectivity index is 1.51. The van der Waals surface area contributed by atoms with Gasteiger partial charge in [-0.1, -0.05) is 6.07 Å². The van der Waals surface area contributed by atoms with E-state index in [0.717, 1.165) is 31.6 Å². The first-order valence-electron chi connectivity index (χ1n) is 7.57. The summed E-state index contributed by atoms with van der Waals surface area (Å²) in [5.74, 6) is 0.637. The molecular formula is C16H24N2O. The molecule has 1 saturated carbocycles. The number of nitrogens with two attached hydrogens (primary N) is 1. The minimum Gasteiger partial charge on any atom is -0.375 e. The molecule has 1 aromatic rings. The molecule has 2 heterocycles. The Bertz CT molecular complexity index is 402. The Hall–Kier alpha value is -0.930. The SMILES string of the molecule is NC(CCc1ccccn1)C1CCOC2(CCC2)C1. The summed E-state index contributed by atoms with van der Waals surface area (Å²) in [4.78, 5) is 4.37. The van der Waals surface area contributed by atoms with Crippen LogP contribution in [0.2, 0.25) is 0 Å². The lowest BCUT2D eigenvalue weighted by Gasteiger charge is -2.48. The van der Waals surface area contributed by atoms with Crippen molar-refractivity contribution in [3.8, 4) is 0 Å². The van der Waals surface area contributed by atoms with E-state index in [2.05, 4.69) is 11.1 Å². The summed E-state index contributed by atoms with van der Waals surface area (Å²) in [5.41, 5.74) is 7.78. The molecule has 3 heteroatoms. The highest BCUT2D eigenvalue weighted by molar-refractivity contribution is 5.04. The smallest absolute Gasteiger partial charge is 0.0685 e. The fraction of sp³-hybridized carbons (Fsp3) is 0.688. The summed E-state index contributed by atoms with van der Waals surface area (Å²) >= 11 is 0. The average Bonchev–Trinajstić information content (AvgIpc) is 2.44. The number of hydrogen-bond acceptors (Lipinski definition) is 3. The predicted octanol–water partition coefficient (Wildman–Crippen LogP) is 2.69. The van der Waals surface area contributed by atoms with E-state index in [9.17, 15) is 0 Å². The van der Waals surface area contributed by atoms with Crippen LogP contribution in [0.15, 0.2) is 24.4 Å². The number of nitrogens with zero attached hydrogens (tertiary/aromatic N) is 1. The molecule has 0 radical (unpaired) electrons. The van der Waals surface area contributed by atoms with E-state index in [1.807, 2.05) is 18.3 Å². The lowest BCUT2D eigenvalue weighted by Crippen LogP contribution is -2.49. The van der Waals surface area contributed by atoms with E-state index < -0.39 is 0 Å². The number of aromatic nitrogens is 1. The molecule has 2 aliphatic rings. The molecule has 1 saturated heterocycles. The van der Waals surface area contributed by atoms with Crippen LogP contribution in [0.1, 0.15) is 44.2 Å². The molecule has 0 bridgehead atoms. The zero-order valence-corrected chi connectivity index (χ0v) is 11.6. The van der Waals surface area contributed by atoms with Crippen LogP contribution in [-0.4, -0.2) is 23.2 Å². The van der Waals surface area contributed by atoms with Crippen LogP contribution in [0.25, 0.3) is 0 Å². The van der Waals surface area contributed by atoms with Gasteiger partial charge in [0.25, 0.3) is 0 Å². The molecule has 2 atom stereocenters. The predicted molar refractivity (Wildman–Crippen MR) is 75.8 cm³/mol. The summed E-state index contributed by atoms with van der Waals surface area (Å²) in [7, 11) is 0. The standard InChI is InChI=1S/C16H24N2O/c17-15(6-5-14-4-1-2-10-18-14)13-7-11-19-16(12-13)8-3-9-16/h1-2,4,10,13,15H,3,5-9,11-12,17H2. The molecule has 2 fully saturated rings. The van der Waals surface area contributed by atoms with Crippen LogP contribution in [0.4, 0.5) is 0 Å². The number of ether oxygens (including phenoxy) is 1. The van der Waals surface area contributed by atoms with Gasteiger partial charge in [0.1, 0.15) is 0 Å². The van der Waals surface area contributed by atoms with Gasteiger partial charge in [-0.15, -0.1) is 0 Å². The molecular weight excluding hydrogens is 236 g/mol. The number of hydrogen-bond donors (Lipinski definition) is 1. The van der Waals surface area contributed by atoms with Crippen molar-refractivity contribution in [1.29, 1.82) is 0 Å². The van der Waals surface area contributed by atoms with Crippen molar-refractivity contribution in [3.05, 3.63) is 30.1 Å². The van der Waals surface area contributed by atoms with Crippen LogP contribution in [0.5, 0.6) is 0 Å². The van der Waals surface area contributed by atoms with Gasteiger partial charge in [-0.2, -0.15) is 0 Å². The molecule has 3 rings (SSSR count). The fourth-order valence-corrected chi connectivity index (χ4v) is 3.45. The van der Waals surface area contributed by atoms with Crippen LogP contribution < -0.4 is 5.73 Å². The van der Waals surface area contributed by atoms with Gasteiger partial charge in [-0.05, 0) is 63.0 Å². The minimum atomic E-state index is 0.214. The Labute approximate surface area is 115 Å². The highest BCUT2D eigenvalue weighted by Gasteiger charge is 2.43. The van der Waals surface area contributed by atoms with E-state index in [1.165, 1.54) is 25.7 Å². The summed E-state index contributed by atoms with van der Waals surface area (Å²) in [5, 5.41) is 0. The van der Waals surface area contributed by atoms with E-state index in [1.54, 1.807) is 0 Å². The maximum atomic E-state index is 6.41. The minimum absolute atomic E-state index is 0.214. The molecule has 0 amide bonds. The first-order chi connectivity index (χ1) is 9.27. The van der Waals surface area contributed by atoms with Crippen molar-refractivity contribution in [2.75, 3.05) is 6.61 Å². The molecule has 104 valence electrons. The van der Waals surface area contributed by atoms with E-state index in [4.69, 9.17) is 10.5 Å². The number of pyridine rings is 1. The maximum absolute atomic E-state index is 6.41. The third-order valence-corrected chi connectivity index (χ3v) is 4.86. The van der Waals surface area contributed by atoms with Gasteiger partial charge in [0.15, 0.2) is 0 Å². The Morgan fingerprint density at radius 2 is 2.32 bits per heavy atom. The first kappa shape index (κ1) is 13.1. The van der Waals surface area contributed by atoms with Crippen molar-refractivity contribution < 1.29 is 4.74 Å². The third kappa shape index (κ3) is 2.98. The molecule has 3 nitrogen and oxygen atoms in total. The summed E-state index contributed by atoms with van der Waals surface area (Å²) < 4.78 is 5.98. The van der Waals surface area contributed by atoms with Crippen molar-refractivity contribution in [1.82, 2.24) is 4.98 Å². The van der Waals surface area contributed by atoms with Crippen molar-refractivity contribution in [2.45, 2.75) is 56.6 Å². The second kappa shape index (κ2) is 5.59. The molecule has 2 unspecified atom stereocenters. The Kier molecular flexibility index (Phi) is 3.85. The molecule has 1 aliphatic carbocycles. The normalized spacial score (nSPS) is 26.9. The van der Waals surface area contributed by atoms with Crippen LogP contribution in [0.3, 0.4) is 0 Å². The largest absolute Gasteiger partial charge is 0.375 e. The average molecular weight is 260 g/mol. The highest BCUT2D eigenvalue weighted by atomic mass is 16.5. The lowest BCUT2D eigenvalue weighted by atomic mass is 9.70. The quantitative estimate of drug-likeness (QED) is 0.905. The zero-order valence-electron chi connectivity index (χ0n) is 11.6. The van der Waals surface area contributed by atoms with Gasteiger partial charge < -0.3 is 10.5 Å². The fourth-order valence-electron chi connectivity index (χ4n) is 3.45. The van der Waals surface area contributed by atoms with Crippen molar-refractivity contribution in [2.24, 2.45) is 11.7 Å². The molecule has 2 N–H and O–H groups in total. The van der Waals surface area contributed by atoms with Crippen LogP contribution in [0, 0.1) is 5.92 Å². The molecule has 0 aromatic carbocycles. The molecule has 1 aromatic heterocycles. The van der Waals surface area contributed by atoms with Crippen LogP contribution >= 0.6 is 0 Å². The van der Waals surface area contributed by atoms with E-state index in [-0.39, 0.29) is 5.60 Å². The maximum Gasteiger partial charge on any atom is 0.0685 e. The summed E-state index contributed by atoms with van der Waals surface area (Å²) in [6, 6.07) is 6.39. The topological polar surface area (TPSA) is 48.1 Å². The van der Waals surface area contributed by atoms with Gasteiger partial charge in [-0.25, -0.2) is 0 Å². The summed E-state index contributed by atoms with van der Waals surface area (Å²) in [6.45, 7) is 0.905. The monoisotopic (exact) mass is 260 g/mol. The van der Waals surface area contributed by atoms with Gasteiger partial charge in [-0.3, -0.25) is 4.98 Å². The third-order valence-electron chi connectivity index (χ3n) is 4.86. The lowest BCUT2D eigenvalue weighted by molar-refractivity contribution is -0.146. The van der Waals surface area contributed by atoms with Crippen molar-refractivity contribution >= 4 is 0 Å². The number of aryl methyl sites for hydroxylation is 1. The van der Waals surface area contributed by atoms with Gasteiger partial charge in [0.2, 0.25) is 0 Å².